The first-order valence-corrected chi connectivity index (χ1v) is 11.6. The lowest BCUT2D eigenvalue weighted by molar-refractivity contribution is -0.121. The number of piperidine rings is 1. The zero-order valence-electron chi connectivity index (χ0n) is 16.0. The second-order valence-corrected chi connectivity index (χ2v) is 10.1. The lowest BCUT2D eigenvalue weighted by Crippen LogP contribution is -2.42. The number of nitrogens with zero attached hydrogens (tertiary/aromatic N) is 3. The van der Waals surface area contributed by atoms with E-state index in [-0.39, 0.29) is 17.3 Å². The molecule has 2 aromatic rings. The summed E-state index contributed by atoms with van der Waals surface area (Å²) in [4.78, 5) is 19.9. The Kier molecular flexibility index (Phi) is 7.17. The van der Waals surface area contributed by atoms with Gasteiger partial charge in [-0.15, -0.1) is 11.3 Å². The summed E-state index contributed by atoms with van der Waals surface area (Å²) in [6.45, 7) is 3.43. The predicted molar refractivity (Wildman–Crippen MR) is 109 cm³/mol. The van der Waals surface area contributed by atoms with Gasteiger partial charge in [0.1, 0.15) is 4.90 Å². The van der Waals surface area contributed by atoms with Crippen molar-refractivity contribution in [3.8, 4) is 0 Å². The van der Waals surface area contributed by atoms with Crippen LogP contribution in [0.5, 0.6) is 0 Å². The number of likely N-dealkylation sites (N-methyl/N-ethyl adjacent to an activating group) is 1. The molecule has 0 bridgehead atoms. The molecule has 3 rings (SSSR count). The van der Waals surface area contributed by atoms with Gasteiger partial charge in [-0.05, 0) is 55.4 Å². The summed E-state index contributed by atoms with van der Waals surface area (Å²) in [7, 11) is -2.30. The molecule has 9 heteroatoms. The minimum atomic E-state index is -3.71. The highest BCUT2D eigenvalue weighted by atomic mass is 32.2. The second kappa shape index (κ2) is 9.60. The van der Waals surface area contributed by atoms with Gasteiger partial charge in [-0.25, -0.2) is 8.42 Å². The van der Waals surface area contributed by atoms with Crippen molar-refractivity contribution in [3.63, 3.8) is 0 Å². The minimum absolute atomic E-state index is 0.0865. The number of likely N-dealkylation sites (tertiary alicyclic amines) is 1. The van der Waals surface area contributed by atoms with Crippen molar-refractivity contribution in [3.05, 3.63) is 46.9 Å². The molecule has 1 aliphatic heterocycles. The summed E-state index contributed by atoms with van der Waals surface area (Å²) in [5.74, 6) is 0.153. The van der Waals surface area contributed by atoms with E-state index < -0.39 is 10.0 Å². The average molecular weight is 423 g/mol. The third kappa shape index (κ3) is 5.60. The van der Waals surface area contributed by atoms with Crippen LogP contribution >= 0.6 is 11.3 Å². The topological polar surface area (TPSA) is 82.6 Å². The van der Waals surface area contributed by atoms with E-state index in [1.54, 1.807) is 17.4 Å². The number of rotatable bonds is 8. The van der Waals surface area contributed by atoms with Crippen molar-refractivity contribution in [1.29, 1.82) is 0 Å². The number of hydrogen-bond donors (Lipinski definition) is 1. The molecule has 3 heterocycles. The molecule has 7 nitrogen and oxygen atoms in total. The van der Waals surface area contributed by atoms with Crippen molar-refractivity contribution in [1.82, 2.24) is 19.5 Å². The molecule has 0 unspecified atom stereocenters. The molecule has 2 aromatic heterocycles. The zero-order chi connectivity index (χ0) is 20.0. The number of carbonyl (C=O) groups excluding carboxylic acids is 1. The highest BCUT2D eigenvalue weighted by Crippen LogP contribution is 2.20. The number of thiophene rings is 1. The lowest BCUT2D eigenvalue weighted by Gasteiger charge is -2.31. The summed E-state index contributed by atoms with van der Waals surface area (Å²) in [6, 6.07) is 7.27. The Labute approximate surface area is 170 Å². The maximum absolute atomic E-state index is 12.4. The van der Waals surface area contributed by atoms with Gasteiger partial charge in [-0.3, -0.25) is 14.7 Å². The van der Waals surface area contributed by atoms with Crippen molar-refractivity contribution in [2.24, 2.45) is 5.92 Å². The minimum Gasteiger partial charge on any atom is -0.355 e. The lowest BCUT2D eigenvalue weighted by atomic mass is 9.97. The van der Waals surface area contributed by atoms with E-state index in [2.05, 4.69) is 32.7 Å². The van der Waals surface area contributed by atoms with Gasteiger partial charge >= 0.3 is 0 Å². The molecule has 1 amide bonds. The summed E-state index contributed by atoms with van der Waals surface area (Å²) in [5.41, 5.74) is 0. The zero-order valence-corrected chi connectivity index (χ0v) is 17.6. The fraction of sp³-hybridized carbons (Fsp3) is 0.474. The summed E-state index contributed by atoms with van der Waals surface area (Å²) < 4.78 is 25.9. The van der Waals surface area contributed by atoms with Crippen LogP contribution in [0.15, 0.2) is 46.9 Å². The first-order chi connectivity index (χ1) is 13.4. The third-order valence-electron chi connectivity index (χ3n) is 4.96. The highest BCUT2D eigenvalue weighted by molar-refractivity contribution is 7.89. The van der Waals surface area contributed by atoms with Crippen LogP contribution in [0.1, 0.15) is 17.7 Å². The van der Waals surface area contributed by atoms with Gasteiger partial charge in [-0.1, -0.05) is 6.07 Å². The molecule has 0 radical (unpaired) electrons. The molecule has 0 aliphatic carbocycles. The molecule has 1 fully saturated rings. The van der Waals surface area contributed by atoms with Crippen LogP contribution in [0.2, 0.25) is 0 Å². The van der Waals surface area contributed by atoms with Gasteiger partial charge in [-0.2, -0.15) is 4.31 Å². The number of sulfonamides is 1. The number of hydrogen-bond acceptors (Lipinski definition) is 6. The maximum atomic E-state index is 12.4. The van der Waals surface area contributed by atoms with E-state index in [0.717, 1.165) is 36.8 Å². The normalized spacial score (nSPS) is 16.4. The fourth-order valence-corrected chi connectivity index (χ4v) is 5.09. The van der Waals surface area contributed by atoms with E-state index in [1.165, 1.54) is 30.4 Å². The van der Waals surface area contributed by atoms with Crippen LogP contribution in [-0.4, -0.2) is 61.7 Å². The first-order valence-electron chi connectivity index (χ1n) is 9.33. The van der Waals surface area contributed by atoms with Crippen molar-refractivity contribution in [2.45, 2.75) is 24.3 Å². The molecule has 28 heavy (non-hydrogen) atoms. The Balaban J connectivity index is 1.40. The standard InChI is InChI=1S/C19H26N4O3S2/c1-22(28(25,26)18-5-2-8-20-13-18)15-19(24)21-12-16-6-9-23(10-7-16)14-17-4-3-11-27-17/h2-5,8,11,13,16H,6-7,9-10,12,14-15H2,1H3,(H,21,24). The Morgan fingerprint density at radius 2 is 2.11 bits per heavy atom. The van der Waals surface area contributed by atoms with Gasteiger partial charge in [0.15, 0.2) is 0 Å². The van der Waals surface area contributed by atoms with Gasteiger partial charge in [0.25, 0.3) is 0 Å². The van der Waals surface area contributed by atoms with E-state index in [9.17, 15) is 13.2 Å². The van der Waals surface area contributed by atoms with Crippen LogP contribution in [0.25, 0.3) is 0 Å². The Hall–Kier alpha value is -1.81. The number of amides is 1. The molecule has 152 valence electrons. The van der Waals surface area contributed by atoms with Crippen LogP contribution in [0.4, 0.5) is 0 Å². The van der Waals surface area contributed by atoms with Gasteiger partial charge in [0.2, 0.25) is 15.9 Å². The SMILES string of the molecule is CN(CC(=O)NCC1CCN(Cc2cccs2)CC1)S(=O)(=O)c1cccnc1. The van der Waals surface area contributed by atoms with Gasteiger partial charge in [0, 0.05) is 37.4 Å². The predicted octanol–water partition coefficient (Wildman–Crippen LogP) is 1.79. The third-order valence-corrected chi connectivity index (χ3v) is 7.61. The van der Waals surface area contributed by atoms with Crippen LogP contribution < -0.4 is 5.32 Å². The molecule has 1 N–H and O–H groups in total. The summed E-state index contributed by atoms with van der Waals surface area (Å²) in [5, 5.41) is 4.99. The monoisotopic (exact) mass is 422 g/mol. The molecule has 1 saturated heterocycles. The van der Waals surface area contributed by atoms with E-state index in [1.807, 2.05) is 0 Å². The Bertz CT molecular complexity index is 849. The highest BCUT2D eigenvalue weighted by Gasteiger charge is 2.24. The van der Waals surface area contributed by atoms with Crippen LogP contribution in [0.3, 0.4) is 0 Å². The van der Waals surface area contributed by atoms with Crippen molar-refractivity contribution < 1.29 is 13.2 Å². The van der Waals surface area contributed by atoms with Gasteiger partial charge in [0.05, 0.1) is 6.54 Å². The molecular weight excluding hydrogens is 396 g/mol. The Morgan fingerprint density at radius 1 is 1.32 bits per heavy atom. The smallest absolute Gasteiger partial charge is 0.244 e. The summed E-state index contributed by atoms with van der Waals surface area (Å²) >= 11 is 1.78. The molecule has 0 saturated carbocycles. The molecule has 0 atom stereocenters. The average Bonchev–Trinajstić information content (AvgIpc) is 3.21. The fourth-order valence-electron chi connectivity index (χ4n) is 3.25. The number of nitrogens with one attached hydrogen (secondary N) is 1. The van der Waals surface area contributed by atoms with Crippen molar-refractivity contribution >= 4 is 27.3 Å². The Morgan fingerprint density at radius 3 is 2.75 bits per heavy atom. The van der Waals surface area contributed by atoms with Crippen molar-refractivity contribution in [2.75, 3.05) is 33.2 Å². The number of pyridine rings is 1. The van der Waals surface area contributed by atoms with E-state index in [0.29, 0.717) is 12.5 Å². The first kappa shape index (κ1) is 20.9. The largest absolute Gasteiger partial charge is 0.355 e. The molecule has 0 aromatic carbocycles. The summed E-state index contributed by atoms with van der Waals surface area (Å²) in [6.07, 6.45) is 4.87. The molecular formula is C19H26N4O3S2. The number of aromatic nitrogens is 1. The van der Waals surface area contributed by atoms with Crippen LogP contribution in [0, 0.1) is 5.92 Å². The quantitative estimate of drug-likeness (QED) is 0.701. The van der Waals surface area contributed by atoms with E-state index in [4.69, 9.17) is 0 Å². The van der Waals surface area contributed by atoms with Crippen LogP contribution in [-0.2, 0) is 21.4 Å². The van der Waals surface area contributed by atoms with Gasteiger partial charge < -0.3 is 5.32 Å². The molecule has 0 spiro atoms. The molecule has 1 aliphatic rings. The maximum Gasteiger partial charge on any atom is 0.244 e. The number of carbonyl (C=O) groups is 1. The van der Waals surface area contributed by atoms with E-state index >= 15 is 0 Å². The second-order valence-electron chi connectivity index (χ2n) is 7.05.